The molecule has 0 bridgehead atoms. The minimum atomic E-state index is -0.348. The first kappa shape index (κ1) is 17.0. The molecule has 0 spiro atoms. The number of unbranched alkanes of at least 4 members (excludes halogenated alkanes) is 1. The highest BCUT2D eigenvalue weighted by Crippen LogP contribution is 2.26. The molecular weight excluding hydrogens is 323 g/mol. The summed E-state index contributed by atoms with van der Waals surface area (Å²) in [5.41, 5.74) is 1.78. The van der Waals surface area contributed by atoms with Gasteiger partial charge in [0.1, 0.15) is 5.82 Å². The molecule has 2 aromatic rings. The second-order valence-electron chi connectivity index (χ2n) is 5.03. The molecule has 0 saturated carbocycles. The summed E-state index contributed by atoms with van der Waals surface area (Å²) >= 11 is 7.27. The van der Waals surface area contributed by atoms with Crippen molar-refractivity contribution in [1.82, 2.24) is 9.97 Å². The van der Waals surface area contributed by atoms with Gasteiger partial charge in [0.15, 0.2) is 5.16 Å². The van der Waals surface area contributed by atoms with E-state index in [0.717, 1.165) is 30.5 Å². The average Bonchev–Trinajstić information content (AvgIpc) is 2.46. The molecule has 1 aromatic heterocycles. The largest absolute Gasteiger partial charge is 0.301 e. The molecule has 0 aliphatic rings. The lowest BCUT2D eigenvalue weighted by Gasteiger charge is -2.08. The number of nitrogens with zero attached hydrogens (tertiary/aromatic N) is 1. The Bertz CT molecular complexity index is 698. The molecule has 3 nitrogen and oxygen atoms in total. The molecule has 0 aliphatic carbocycles. The molecule has 6 heteroatoms. The number of nitrogens with one attached hydrogen (secondary N) is 1. The van der Waals surface area contributed by atoms with Crippen LogP contribution < -0.4 is 5.56 Å². The molecule has 0 amide bonds. The summed E-state index contributed by atoms with van der Waals surface area (Å²) in [5.74, 6) is -0.0269. The number of aryl methyl sites for hydroxylation is 1. The van der Waals surface area contributed by atoms with E-state index in [1.807, 2.05) is 6.92 Å². The van der Waals surface area contributed by atoms with Crippen molar-refractivity contribution in [2.45, 2.75) is 44.0 Å². The first-order valence-electron chi connectivity index (χ1n) is 7.18. The average molecular weight is 341 g/mol. The van der Waals surface area contributed by atoms with E-state index in [0.29, 0.717) is 21.5 Å². The number of rotatable bonds is 6. The topological polar surface area (TPSA) is 45.8 Å². The Morgan fingerprint density at radius 2 is 2.14 bits per heavy atom. The highest BCUT2D eigenvalue weighted by Gasteiger charge is 2.11. The van der Waals surface area contributed by atoms with Gasteiger partial charge in [-0.2, -0.15) is 0 Å². The summed E-state index contributed by atoms with van der Waals surface area (Å²) in [5, 5.41) is 0.869. The molecule has 118 valence electrons. The maximum atomic E-state index is 13.7. The van der Waals surface area contributed by atoms with E-state index in [4.69, 9.17) is 11.6 Å². The first-order valence-corrected chi connectivity index (χ1v) is 8.54. The summed E-state index contributed by atoms with van der Waals surface area (Å²) in [6, 6.07) is 4.59. The Labute approximate surface area is 138 Å². The molecule has 1 aromatic carbocycles. The summed E-state index contributed by atoms with van der Waals surface area (Å²) < 4.78 is 13.7. The number of aromatic amines is 1. The Morgan fingerprint density at radius 3 is 2.77 bits per heavy atom. The van der Waals surface area contributed by atoms with E-state index in [-0.39, 0.29) is 11.4 Å². The van der Waals surface area contributed by atoms with E-state index in [9.17, 15) is 9.18 Å². The molecule has 1 heterocycles. The molecule has 0 saturated heterocycles. The van der Waals surface area contributed by atoms with E-state index in [1.54, 1.807) is 12.1 Å². The van der Waals surface area contributed by atoms with Crippen LogP contribution in [0.4, 0.5) is 4.39 Å². The first-order chi connectivity index (χ1) is 10.5. The fraction of sp³-hybridized carbons (Fsp3) is 0.375. The third-order valence-electron chi connectivity index (χ3n) is 3.40. The van der Waals surface area contributed by atoms with Gasteiger partial charge in [-0.3, -0.25) is 4.79 Å². The predicted molar refractivity (Wildman–Crippen MR) is 89.2 cm³/mol. The minimum Gasteiger partial charge on any atom is -0.301 e. The summed E-state index contributed by atoms with van der Waals surface area (Å²) in [6.45, 7) is 3.92. The van der Waals surface area contributed by atoms with Gasteiger partial charge in [-0.05, 0) is 31.9 Å². The van der Waals surface area contributed by atoms with Crippen molar-refractivity contribution in [2.75, 3.05) is 0 Å². The van der Waals surface area contributed by atoms with Crippen LogP contribution in [0.1, 0.15) is 36.6 Å². The van der Waals surface area contributed by atoms with Crippen LogP contribution >= 0.6 is 23.4 Å². The number of thioether (sulfide) groups is 1. The zero-order valence-electron chi connectivity index (χ0n) is 12.6. The standard InChI is InChI=1S/C16H18ClFN2OS/c1-3-4-6-11-10(2)19-16(20-15(11)21)22-9-12-13(17)7-5-8-14(12)18/h5,7-8H,3-4,6,9H2,1-2H3,(H,19,20,21). The number of H-pyrrole nitrogens is 1. The Hall–Kier alpha value is -1.33. The molecule has 22 heavy (non-hydrogen) atoms. The predicted octanol–water partition coefficient (Wildman–Crippen LogP) is 4.51. The van der Waals surface area contributed by atoms with E-state index in [2.05, 4.69) is 16.9 Å². The van der Waals surface area contributed by atoms with E-state index < -0.39 is 0 Å². The van der Waals surface area contributed by atoms with Crippen LogP contribution in [0.3, 0.4) is 0 Å². The molecule has 1 N–H and O–H groups in total. The fourth-order valence-electron chi connectivity index (χ4n) is 2.11. The molecule has 0 aliphatic heterocycles. The number of hydrogen-bond donors (Lipinski definition) is 1. The number of hydrogen-bond acceptors (Lipinski definition) is 3. The van der Waals surface area contributed by atoms with E-state index in [1.165, 1.54) is 17.8 Å². The van der Waals surface area contributed by atoms with Gasteiger partial charge in [0.25, 0.3) is 5.56 Å². The van der Waals surface area contributed by atoms with Gasteiger partial charge in [0.2, 0.25) is 0 Å². The Balaban J connectivity index is 2.16. The maximum Gasteiger partial charge on any atom is 0.254 e. The van der Waals surface area contributed by atoms with Gasteiger partial charge in [-0.15, -0.1) is 0 Å². The summed E-state index contributed by atoms with van der Waals surface area (Å²) in [4.78, 5) is 19.3. The number of halogens is 2. The second kappa shape index (κ2) is 7.79. The third-order valence-corrected chi connectivity index (χ3v) is 4.65. The Kier molecular flexibility index (Phi) is 6.03. The zero-order chi connectivity index (χ0) is 16.1. The van der Waals surface area contributed by atoms with Crippen molar-refractivity contribution < 1.29 is 4.39 Å². The third kappa shape index (κ3) is 4.11. The second-order valence-corrected chi connectivity index (χ2v) is 6.40. The molecule has 0 fully saturated rings. The van der Waals surface area contributed by atoms with E-state index >= 15 is 0 Å². The molecule has 0 atom stereocenters. The normalized spacial score (nSPS) is 10.9. The van der Waals surface area contributed by atoms with Crippen LogP contribution in [-0.2, 0) is 12.2 Å². The van der Waals surface area contributed by atoms with Crippen LogP contribution in [0.25, 0.3) is 0 Å². The van der Waals surface area contributed by atoms with Crippen LogP contribution in [0.5, 0.6) is 0 Å². The molecule has 0 radical (unpaired) electrons. The van der Waals surface area contributed by atoms with Crippen molar-refractivity contribution in [3.05, 3.63) is 56.2 Å². The van der Waals surface area contributed by atoms with Crippen molar-refractivity contribution in [3.63, 3.8) is 0 Å². The van der Waals surface area contributed by atoms with Crippen LogP contribution in [-0.4, -0.2) is 9.97 Å². The highest BCUT2D eigenvalue weighted by atomic mass is 35.5. The summed E-state index contributed by atoms with van der Waals surface area (Å²) in [7, 11) is 0. The quantitative estimate of drug-likeness (QED) is 0.621. The minimum absolute atomic E-state index is 0.108. The fourth-order valence-corrected chi connectivity index (χ4v) is 3.36. The highest BCUT2D eigenvalue weighted by molar-refractivity contribution is 7.98. The molecule has 0 unspecified atom stereocenters. The smallest absolute Gasteiger partial charge is 0.254 e. The summed E-state index contributed by atoms with van der Waals surface area (Å²) in [6.07, 6.45) is 2.72. The van der Waals surface area contributed by atoms with Gasteiger partial charge >= 0.3 is 0 Å². The van der Waals surface area contributed by atoms with Crippen molar-refractivity contribution in [3.8, 4) is 0 Å². The number of aromatic nitrogens is 2. The SMILES string of the molecule is CCCCc1c(C)nc(SCc2c(F)cccc2Cl)[nH]c1=O. The number of benzene rings is 1. The lowest BCUT2D eigenvalue weighted by atomic mass is 10.1. The zero-order valence-corrected chi connectivity index (χ0v) is 14.2. The van der Waals surface area contributed by atoms with Crippen LogP contribution in [0.15, 0.2) is 28.2 Å². The monoisotopic (exact) mass is 340 g/mol. The van der Waals surface area contributed by atoms with Crippen molar-refractivity contribution >= 4 is 23.4 Å². The molecular formula is C16H18ClFN2OS. The Morgan fingerprint density at radius 1 is 1.36 bits per heavy atom. The van der Waals surface area contributed by atoms with Gasteiger partial charge in [-0.1, -0.05) is 42.8 Å². The van der Waals surface area contributed by atoms with Crippen LogP contribution in [0, 0.1) is 12.7 Å². The molecule has 2 rings (SSSR count). The lowest BCUT2D eigenvalue weighted by Crippen LogP contribution is -2.17. The van der Waals surface area contributed by atoms with Gasteiger partial charge in [0.05, 0.1) is 0 Å². The van der Waals surface area contributed by atoms with Crippen molar-refractivity contribution in [2.24, 2.45) is 0 Å². The van der Waals surface area contributed by atoms with Gasteiger partial charge in [-0.25, -0.2) is 9.37 Å². The van der Waals surface area contributed by atoms with Gasteiger partial charge < -0.3 is 4.98 Å². The lowest BCUT2D eigenvalue weighted by molar-refractivity contribution is 0.617. The van der Waals surface area contributed by atoms with Gasteiger partial charge in [0, 0.05) is 27.6 Å². The van der Waals surface area contributed by atoms with Crippen molar-refractivity contribution in [1.29, 1.82) is 0 Å². The van der Waals surface area contributed by atoms with Crippen LogP contribution in [0.2, 0.25) is 5.02 Å². The maximum absolute atomic E-state index is 13.7.